The minimum absolute atomic E-state index is 0.00355. The summed E-state index contributed by atoms with van der Waals surface area (Å²) in [5.74, 6) is 0.834. The van der Waals surface area contributed by atoms with Crippen molar-refractivity contribution >= 4 is 6.03 Å². The van der Waals surface area contributed by atoms with Gasteiger partial charge in [-0.3, -0.25) is 0 Å². The average molecular weight is 280 g/mol. The van der Waals surface area contributed by atoms with E-state index in [0.717, 1.165) is 28.9 Å². The number of urea groups is 1. The van der Waals surface area contributed by atoms with Gasteiger partial charge in [-0.25, -0.2) is 4.79 Å². The van der Waals surface area contributed by atoms with Gasteiger partial charge in [0.25, 0.3) is 0 Å². The van der Waals surface area contributed by atoms with Crippen LogP contribution < -0.4 is 15.4 Å². The Hall–Kier alpha value is -2.49. The molecule has 2 aliphatic rings. The molecular formula is C17H16N2O2. The fourth-order valence-electron chi connectivity index (χ4n) is 3.15. The maximum absolute atomic E-state index is 11.7. The summed E-state index contributed by atoms with van der Waals surface area (Å²) < 4.78 is 5.98. The smallest absolute Gasteiger partial charge is 0.318 e. The van der Waals surface area contributed by atoms with E-state index in [4.69, 9.17) is 4.74 Å². The number of hydrogen-bond acceptors (Lipinski definition) is 2. The molecule has 2 unspecified atom stereocenters. The lowest BCUT2D eigenvalue weighted by Gasteiger charge is -2.44. The average Bonchev–Trinajstić information content (AvgIpc) is 2.46. The van der Waals surface area contributed by atoms with Crippen LogP contribution in [0, 0.1) is 0 Å². The molecule has 2 N–H and O–H groups in total. The fraction of sp³-hybridized carbons (Fsp3) is 0.235. The first-order chi connectivity index (χ1) is 10.1. The molecule has 4 heteroatoms. The molecule has 0 aromatic heterocycles. The van der Waals surface area contributed by atoms with Crippen LogP contribution in [0.1, 0.15) is 24.9 Å². The number of fused-ring (bicyclic) bond motifs is 4. The van der Waals surface area contributed by atoms with Gasteiger partial charge in [0.05, 0.1) is 6.04 Å². The highest BCUT2D eigenvalue weighted by molar-refractivity contribution is 5.77. The van der Waals surface area contributed by atoms with Crippen molar-refractivity contribution in [2.45, 2.75) is 25.1 Å². The van der Waals surface area contributed by atoms with Gasteiger partial charge in [0.2, 0.25) is 0 Å². The molecule has 2 atom stereocenters. The number of carbonyl (C=O) groups is 1. The predicted octanol–water partition coefficient (Wildman–Crippen LogP) is 3.21. The third-order valence-electron chi connectivity index (χ3n) is 4.10. The number of benzene rings is 2. The van der Waals surface area contributed by atoms with Crippen molar-refractivity contribution in [3.63, 3.8) is 0 Å². The van der Waals surface area contributed by atoms with Crippen LogP contribution in [0.2, 0.25) is 0 Å². The Balaban J connectivity index is 1.79. The highest BCUT2D eigenvalue weighted by Gasteiger charge is 2.43. The van der Waals surface area contributed by atoms with E-state index in [1.165, 1.54) is 0 Å². The Morgan fingerprint density at radius 1 is 1.14 bits per heavy atom. The van der Waals surface area contributed by atoms with Gasteiger partial charge in [-0.05, 0) is 30.2 Å². The van der Waals surface area contributed by atoms with Crippen molar-refractivity contribution in [1.29, 1.82) is 0 Å². The molecule has 0 aliphatic carbocycles. The van der Waals surface area contributed by atoms with Crippen LogP contribution in [0.5, 0.6) is 5.75 Å². The predicted molar refractivity (Wildman–Crippen MR) is 79.9 cm³/mol. The third kappa shape index (κ3) is 2.03. The Bertz CT molecular complexity index is 714. The number of rotatable bonds is 1. The quantitative estimate of drug-likeness (QED) is 0.842. The fourth-order valence-corrected chi connectivity index (χ4v) is 3.15. The second-order valence-electron chi connectivity index (χ2n) is 5.81. The van der Waals surface area contributed by atoms with E-state index in [2.05, 4.69) is 34.9 Å². The number of ether oxygens (including phenoxy) is 1. The summed E-state index contributed by atoms with van der Waals surface area (Å²) >= 11 is 0. The van der Waals surface area contributed by atoms with Gasteiger partial charge in [-0.15, -0.1) is 0 Å². The molecule has 106 valence electrons. The van der Waals surface area contributed by atoms with Gasteiger partial charge in [0.1, 0.15) is 5.75 Å². The maximum atomic E-state index is 11.7. The Kier molecular flexibility index (Phi) is 2.48. The lowest BCUT2D eigenvalue weighted by Crippen LogP contribution is -2.62. The number of carbonyl (C=O) groups excluding carboxylic acids is 1. The lowest BCUT2D eigenvalue weighted by atomic mass is 9.89. The van der Waals surface area contributed by atoms with Gasteiger partial charge in [-0.2, -0.15) is 0 Å². The molecule has 21 heavy (non-hydrogen) atoms. The molecule has 0 radical (unpaired) electrons. The van der Waals surface area contributed by atoms with Crippen LogP contribution in [0.15, 0.2) is 48.5 Å². The zero-order valence-corrected chi connectivity index (χ0v) is 11.7. The van der Waals surface area contributed by atoms with Gasteiger partial charge >= 0.3 is 6.03 Å². The molecule has 2 heterocycles. The zero-order valence-electron chi connectivity index (χ0n) is 11.7. The number of nitrogens with one attached hydrogen (secondary N) is 2. The molecule has 1 fully saturated rings. The van der Waals surface area contributed by atoms with E-state index < -0.39 is 5.72 Å². The van der Waals surface area contributed by atoms with Crippen LogP contribution in [-0.4, -0.2) is 11.8 Å². The third-order valence-corrected chi connectivity index (χ3v) is 4.10. The summed E-state index contributed by atoms with van der Waals surface area (Å²) in [6.07, 6.45) is 0.726. The van der Waals surface area contributed by atoms with E-state index in [1.54, 1.807) is 0 Å². The van der Waals surface area contributed by atoms with Crippen molar-refractivity contribution in [1.82, 2.24) is 10.6 Å². The summed E-state index contributed by atoms with van der Waals surface area (Å²) in [5, 5.41) is 5.82. The minimum Gasteiger partial charge on any atom is -0.468 e. The van der Waals surface area contributed by atoms with Crippen molar-refractivity contribution < 1.29 is 9.53 Å². The molecule has 0 saturated carbocycles. The van der Waals surface area contributed by atoms with Crippen molar-refractivity contribution in [2.24, 2.45) is 0 Å². The zero-order chi connectivity index (χ0) is 14.4. The molecule has 2 aliphatic heterocycles. The SMILES string of the molecule is CC12CC(NC(=O)N1)c1cc(-c3ccccc3)ccc1O2. The molecular weight excluding hydrogens is 264 g/mol. The van der Waals surface area contributed by atoms with Gasteiger partial charge in [0, 0.05) is 12.0 Å². The Labute approximate surface area is 123 Å². The van der Waals surface area contributed by atoms with Gasteiger partial charge < -0.3 is 15.4 Å². The summed E-state index contributed by atoms with van der Waals surface area (Å²) in [6, 6.07) is 16.2. The van der Waals surface area contributed by atoms with Gasteiger partial charge in [-0.1, -0.05) is 36.4 Å². The topological polar surface area (TPSA) is 50.4 Å². The first kappa shape index (κ1) is 12.3. The highest BCUT2D eigenvalue weighted by Crippen LogP contribution is 2.42. The van der Waals surface area contributed by atoms with E-state index >= 15 is 0 Å². The van der Waals surface area contributed by atoms with Crippen LogP contribution >= 0.6 is 0 Å². The molecule has 2 bridgehead atoms. The van der Waals surface area contributed by atoms with Crippen LogP contribution in [0.3, 0.4) is 0 Å². The van der Waals surface area contributed by atoms with E-state index in [1.807, 2.05) is 31.2 Å². The highest BCUT2D eigenvalue weighted by atomic mass is 16.5. The number of hydrogen-bond donors (Lipinski definition) is 2. The molecule has 4 nitrogen and oxygen atoms in total. The summed E-state index contributed by atoms with van der Waals surface area (Å²) in [4.78, 5) is 11.7. The molecule has 2 amide bonds. The first-order valence-electron chi connectivity index (χ1n) is 7.10. The van der Waals surface area contributed by atoms with Crippen molar-refractivity contribution in [3.8, 4) is 16.9 Å². The normalized spacial score (nSPS) is 26.1. The van der Waals surface area contributed by atoms with Crippen LogP contribution in [0.25, 0.3) is 11.1 Å². The number of amides is 2. The Morgan fingerprint density at radius 3 is 2.76 bits per heavy atom. The standard InChI is InChI=1S/C17H16N2O2/c1-17-10-14(18-16(20)19-17)13-9-12(7-8-15(13)21-17)11-5-3-2-4-6-11/h2-9,14H,10H2,1H3,(H2,18,19,20). The van der Waals surface area contributed by atoms with E-state index in [9.17, 15) is 4.79 Å². The largest absolute Gasteiger partial charge is 0.468 e. The minimum atomic E-state index is -0.617. The second kappa shape index (κ2) is 4.25. The summed E-state index contributed by atoms with van der Waals surface area (Å²) in [7, 11) is 0. The monoisotopic (exact) mass is 280 g/mol. The lowest BCUT2D eigenvalue weighted by molar-refractivity contribution is 0.0119. The van der Waals surface area contributed by atoms with E-state index in [0.29, 0.717) is 0 Å². The van der Waals surface area contributed by atoms with E-state index in [-0.39, 0.29) is 12.1 Å². The van der Waals surface area contributed by atoms with Crippen molar-refractivity contribution in [2.75, 3.05) is 0 Å². The molecule has 4 rings (SSSR count). The van der Waals surface area contributed by atoms with Crippen LogP contribution in [-0.2, 0) is 0 Å². The van der Waals surface area contributed by atoms with Crippen molar-refractivity contribution in [3.05, 3.63) is 54.1 Å². The molecule has 1 saturated heterocycles. The summed E-state index contributed by atoms with van der Waals surface area (Å²) in [6.45, 7) is 1.91. The first-order valence-corrected chi connectivity index (χ1v) is 7.10. The maximum Gasteiger partial charge on any atom is 0.318 e. The second-order valence-corrected chi connectivity index (χ2v) is 5.81. The molecule has 2 aromatic rings. The molecule has 2 aromatic carbocycles. The van der Waals surface area contributed by atoms with Gasteiger partial charge in [0.15, 0.2) is 5.72 Å². The Morgan fingerprint density at radius 2 is 1.95 bits per heavy atom. The van der Waals surface area contributed by atoms with Crippen LogP contribution in [0.4, 0.5) is 4.79 Å². The molecule has 0 spiro atoms. The summed E-state index contributed by atoms with van der Waals surface area (Å²) in [5.41, 5.74) is 2.72.